The van der Waals surface area contributed by atoms with Crippen LogP contribution in [-0.4, -0.2) is 15.0 Å². The molecule has 0 saturated carbocycles. The molecule has 1 heterocycles. The van der Waals surface area contributed by atoms with Crippen LogP contribution in [0.15, 0.2) is 16.7 Å². The quantitative estimate of drug-likeness (QED) is 0.473. The molecule has 1 aromatic rings. The number of nitrogens with zero attached hydrogens (tertiary/aromatic N) is 2. The minimum atomic E-state index is -0.536. The van der Waals surface area contributed by atoms with Crippen molar-refractivity contribution in [2.75, 3.05) is 0 Å². The molecule has 0 saturated heterocycles. The Morgan fingerprint density at radius 1 is 1.67 bits per heavy atom. The monoisotopic (exact) mass is 232 g/mol. The third-order valence-corrected chi connectivity index (χ3v) is 1.61. The van der Waals surface area contributed by atoms with Crippen LogP contribution in [0, 0.1) is 10.1 Å². The molecule has 0 aliphatic carbocycles. The zero-order chi connectivity index (χ0) is 9.14. The lowest BCUT2D eigenvalue weighted by Gasteiger charge is -1.96. The second-order valence-electron chi connectivity index (χ2n) is 2.05. The van der Waals surface area contributed by atoms with Gasteiger partial charge < -0.3 is 5.11 Å². The molecule has 64 valence electrons. The van der Waals surface area contributed by atoms with E-state index in [1.165, 1.54) is 12.1 Å². The van der Waals surface area contributed by atoms with E-state index in [1.807, 2.05) is 0 Å². The Morgan fingerprint density at radius 3 is 2.83 bits per heavy atom. The van der Waals surface area contributed by atoms with Crippen LogP contribution in [0.2, 0.25) is 0 Å². The molecule has 1 rings (SSSR count). The summed E-state index contributed by atoms with van der Waals surface area (Å²) in [5.41, 5.74) is 0.192. The highest BCUT2D eigenvalue weighted by Gasteiger charge is 2.08. The first-order valence-electron chi connectivity index (χ1n) is 3.05. The van der Waals surface area contributed by atoms with Crippen LogP contribution in [0.1, 0.15) is 5.69 Å². The maximum absolute atomic E-state index is 10.3. The molecule has 0 aromatic carbocycles. The summed E-state index contributed by atoms with van der Waals surface area (Å²) in [6.07, 6.45) is 0. The minimum Gasteiger partial charge on any atom is -0.390 e. The SMILES string of the molecule is O=[N+]([O-])c1cc(Br)nc(CO)c1. The standard InChI is InChI=1S/C6H5BrN2O3/c7-6-2-5(9(11)12)1-4(3-10)8-6/h1-2,10H,3H2. The van der Waals surface area contributed by atoms with Crippen LogP contribution >= 0.6 is 15.9 Å². The fourth-order valence-corrected chi connectivity index (χ4v) is 1.18. The van der Waals surface area contributed by atoms with Crippen molar-refractivity contribution in [2.45, 2.75) is 6.61 Å². The summed E-state index contributed by atoms with van der Waals surface area (Å²) in [5, 5.41) is 19.0. The van der Waals surface area contributed by atoms with E-state index in [-0.39, 0.29) is 18.0 Å². The van der Waals surface area contributed by atoms with Crippen LogP contribution in [0.4, 0.5) is 5.69 Å². The molecule has 0 aliphatic rings. The Labute approximate surface area is 76.3 Å². The van der Waals surface area contributed by atoms with Crippen molar-refractivity contribution in [1.82, 2.24) is 4.98 Å². The highest BCUT2D eigenvalue weighted by Crippen LogP contribution is 2.17. The predicted octanol–water partition coefficient (Wildman–Crippen LogP) is 1.24. The summed E-state index contributed by atoms with van der Waals surface area (Å²) in [5.74, 6) is 0. The Balaban J connectivity index is 3.15. The molecule has 5 nitrogen and oxygen atoms in total. The van der Waals surface area contributed by atoms with Gasteiger partial charge in [0.05, 0.1) is 17.2 Å². The Hall–Kier alpha value is -1.01. The molecule has 1 aromatic heterocycles. The second kappa shape index (κ2) is 3.59. The maximum atomic E-state index is 10.3. The van der Waals surface area contributed by atoms with Gasteiger partial charge in [0.25, 0.3) is 5.69 Å². The number of halogens is 1. The van der Waals surface area contributed by atoms with E-state index in [0.717, 1.165) is 0 Å². The predicted molar refractivity (Wildman–Crippen MR) is 44.5 cm³/mol. The molecular weight excluding hydrogens is 228 g/mol. The van der Waals surface area contributed by atoms with Crippen molar-refractivity contribution in [2.24, 2.45) is 0 Å². The van der Waals surface area contributed by atoms with Gasteiger partial charge >= 0.3 is 0 Å². The van der Waals surface area contributed by atoms with Crippen molar-refractivity contribution in [3.8, 4) is 0 Å². The fourth-order valence-electron chi connectivity index (χ4n) is 0.723. The number of aliphatic hydroxyl groups is 1. The van der Waals surface area contributed by atoms with Crippen molar-refractivity contribution in [3.63, 3.8) is 0 Å². The molecule has 0 amide bonds. The van der Waals surface area contributed by atoms with Gasteiger partial charge in [0.2, 0.25) is 0 Å². The van der Waals surface area contributed by atoms with Gasteiger partial charge in [0.1, 0.15) is 4.60 Å². The summed E-state index contributed by atoms with van der Waals surface area (Å²) in [6, 6.07) is 2.50. The van der Waals surface area contributed by atoms with Crippen molar-refractivity contribution < 1.29 is 10.0 Å². The van der Waals surface area contributed by atoms with Gasteiger partial charge in [-0.2, -0.15) is 0 Å². The summed E-state index contributed by atoms with van der Waals surface area (Å²) < 4.78 is 0.348. The van der Waals surface area contributed by atoms with Gasteiger partial charge in [-0.3, -0.25) is 10.1 Å². The third kappa shape index (κ3) is 1.99. The first-order valence-corrected chi connectivity index (χ1v) is 3.84. The van der Waals surface area contributed by atoms with Crippen LogP contribution < -0.4 is 0 Å². The van der Waals surface area contributed by atoms with E-state index in [4.69, 9.17) is 5.11 Å². The lowest BCUT2D eigenvalue weighted by Crippen LogP contribution is -1.94. The van der Waals surface area contributed by atoms with E-state index in [2.05, 4.69) is 20.9 Å². The minimum absolute atomic E-state index is 0.0825. The lowest BCUT2D eigenvalue weighted by atomic mass is 10.3. The molecule has 12 heavy (non-hydrogen) atoms. The van der Waals surface area contributed by atoms with Gasteiger partial charge in [-0.15, -0.1) is 0 Å². The molecule has 0 bridgehead atoms. The second-order valence-corrected chi connectivity index (χ2v) is 2.87. The molecule has 0 fully saturated rings. The Kier molecular flexibility index (Phi) is 2.72. The number of rotatable bonds is 2. The molecule has 6 heteroatoms. The molecule has 1 N–H and O–H groups in total. The van der Waals surface area contributed by atoms with Gasteiger partial charge in [0, 0.05) is 12.1 Å². The fraction of sp³-hybridized carbons (Fsp3) is 0.167. The normalized spacial score (nSPS) is 9.83. The molecule has 0 atom stereocenters. The third-order valence-electron chi connectivity index (χ3n) is 1.20. The van der Waals surface area contributed by atoms with E-state index in [0.29, 0.717) is 4.60 Å². The number of aromatic nitrogens is 1. The molecule has 0 unspecified atom stereocenters. The molecule has 0 radical (unpaired) electrons. The topological polar surface area (TPSA) is 76.3 Å². The summed E-state index contributed by atoms with van der Waals surface area (Å²) in [4.78, 5) is 13.6. The van der Waals surface area contributed by atoms with E-state index >= 15 is 0 Å². The number of aliphatic hydroxyl groups excluding tert-OH is 1. The number of hydrogen-bond acceptors (Lipinski definition) is 4. The van der Waals surface area contributed by atoms with Crippen molar-refractivity contribution >= 4 is 21.6 Å². The van der Waals surface area contributed by atoms with Gasteiger partial charge in [-0.05, 0) is 15.9 Å². The smallest absolute Gasteiger partial charge is 0.274 e. The number of nitro groups is 1. The number of pyridine rings is 1. The highest BCUT2D eigenvalue weighted by molar-refractivity contribution is 9.10. The van der Waals surface area contributed by atoms with E-state index < -0.39 is 4.92 Å². The van der Waals surface area contributed by atoms with E-state index in [1.54, 1.807) is 0 Å². The van der Waals surface area contributed by atoms with Crippen LogP contribution in [0.3, 0.4) is 0 Å². The highest BCUT2D eigenvalue weighted by atomic mass is 79.9. The van der Waals surface area contributed by atoms with Crippen LogP contribution in [-0.2, 0) is 6.61 Å². The summed E-state index contributed by atoms with van der Waals surface area (Å²) >= 11 is 3.00. The Morgan fingerprint density at radius 2 is 2.33 bits per heavy atom. The first kappa shape index (κ1) is 9.08. The summed E-state index contributed by atoms with van der Waals surface area (Å²) in [6.45, 7) is -0.305. The van der Waals surface area contributed by atoms with E-state index in [9.17, 15) is 10.1 Å². The lowest BCUT2D eigenvalue weighted by molar-refractivity contribution is -0.385. The maximum Gasteiger partial charge on any atom is 0.274 e. The van der Waals surface area contributed by atoms with Gasteiger partial charge in [-0.1, -0.05) is 0 Å². The molecule has 0 spiro atoms. The molecule has 0 aliphatic heterocycles. The van der Waals surface area contributed by atoms with Gasteiger partial charge in [-0.25, -0.2) is 4.98 Å². The molecular formula is C6H5BrN2O3. The van der Waals surface area contributed by atoms with Crippen LogP contribution in [0.5, 0.6) is 0 Å². The summed E-state index contributed by atoms with van der Waals surface area (Å²) in [7, 11) is 0. The van der Waals surface area contributed by atoms with Gasteiger partial charge in [0.15, 0.2) is 0 Å². The zero-order valence-electron chi connectivity index (χ0n) is 5.90. The largest absolute Gasteiger partial charge is 0.390 e. The van der Waals surface area contributed by atoms with Crippen molar-refractivity contribution in [1.29, 1.82) is 0 Å². The average molecular weight is 233 g/mol. The Bertz CT molecular complexity index is 316. The van der Waals surface area contributed by atoms with Crippen molar-refractivity contribution in [3.05, 3.63) is 32.5 Å². The average Bonchev–Trinajstić information content (AvgIpc) is 2.03. The number of hydrogen-bond donors (Lipinski definition) is 1. The first-order chi connectivity index (χ1) is 5.63. The zero-order valence-corrected chi connectivity index (χ0v) is 7.48. The van der Waals surface area contributed by atoms with Crippen LogP contribution in [0.25, 0.3) is 0 Å².